The fourth-order valence-electron chi connectivity index (χ4n) is 2.30. The molecule has 1 nitrogen and oxygen atoms in total. The standard InChI is InChI=1S/C15H30O/c1-13(7-5-9-14(2,3)4)8-6-10-15(16)11-12-15/h13,16H,5-12H2,1-4H3. The Kier molecular flexibility index (Phi) is 4.85. The highest BCUT2D eigenvalue weighted by molar-refractivity contribution is 4.92. The smallest absolute Gasteiger partial charge is 0.0650 e. The molecule has 1 atom stereocenters. The Bertz CT molecular complexity index is 187. The number of rotatable bonds is 7. The predicted molar refractivity (Wildman–Crippen MR) is 70.5 cm³/mol. The molecule has 1 fully saturated rings. The van der Waals surface area contributed by atoms with E-state index in [-0.39, 0.29) is 5.60 Å². The van der Waals surface area contributed by atoms with Crippen LogP contribution in [-0.2, 0) is 0 Å². The molecule has 0 aromatic heterocycles. The second-order valence-electron chi connectivity index (χ2n) is 7.17. The molecule has 0 bridgehead atoms. The van der Waals surface area contributed by atoms with Crippen molar-refractivity contribution in [2.75, 3.05) is 0 Å². The van der Waals surface area contributed by atoms with Crippen molar-refractivity contribution in [1.29, 1.82) is 0 Å². The van der Waals surface area contributed by atoms with Crippen LogP contribution in [0.3, 0.4) is 0 Å². The third kappa shape index (κ3) is 6.52. The Labute approximate surface area is 102 Å². The first-order valence-electron chi connectivity index (χ1n) is 7.03. The van der Waals surface area contributed by atoms with Gasteiger partial charge in [0.1, 0.15) is 0 Å². The molecule has 1 rings (SSSR count). The van der Waals surface area contributed by atoms with Gasteiger partial charge in [-0.05, 0) is 37.0 Å². The summed E-state index contributed by atoms with van der Waals surface area (Å²) in [6.07, 6.45) is 9.69. The van der Waals surface area contributed by atoms with Gasteiger partial charge in [-0.3, -0.25) is 0 Å². The van der Waals surface area contributed by atoms with E-state index >= 15 is 0 Å². The van der Waals surface area contributed by atoms with Gasteiger partial charge in [-0.15, -0.1) is 0 Å². The summed E-state index contributed by atoms with van der Waals surface area (Å²) >= 11 is 0. The van der Waals surface area contributed by atoms with Crippen molar-refractivity contribution in [1.82, 2.24) is 0 Å². The Hall–Kier alpha value is -0.0400. The molecule has 1 saturated carbocycles. The molecule has 1 heteroatoms. The minimum absolute atomic E-state index is 0.231. The summed E-state index contributed by atoms with van der Waals surface area (Å²) in [7, 11) is 0. The summed E-state index contributed by atoms with van der Waals surface area (Å²) in [6, 6.07) is 0. The van der Waals surface area contributed by atoms with Crippen molar-refractivity contribution in [2.24, 2.45) is 11.3 Å². The number of aliphatic hydroxyl groups is 1. The zero-order chi connectivity index (χ0) is 12.2. The van der Waals surface area contributed by atoms with E-state index in [4.69, 9.17) is 0 Å². The van der Waals surface area contributed by atoms with E-state index in [1.54, 1.807) is 0 Å². The molecular weight excluding hydrogens is 196 g/mol. The van der Waals surface area contributed by atoms with Crippen molar-refractivity contribution in [3.8, 4) is 0 Å². The highest BCUT2D eigenvalue weighted by atomic mass is 16.3. The molecule has 0 radical (unpaired) electrons. The van der Waals surface area contributed by atoms with Gasteiger partial charge in [0, 0.05) is 0 Å². The molecule has 0 aliphatic heterocycles. The predicted octanol–water partition coefficient (Wildman–Crippen LogP) is 4.53. The van der Waals surface area contributed by atoms with Crippen molar-refractivity contribution >= 4 is 0 Å². The second-order valence-corrected chi connectivity index (χ2v) is 7.17. The summed E-state index contributed by atoms with van der Waals surface area (Å²) in [5.74, 6) is 0.838. The maximum Gasteiger partial charge on any atom is 0.0650 e. The summed E-state index contributed by atoms with van der Waals surface area (Å²) < 4.78 is 0. The maximum absolute atomic E-state index is 9.72. The van der Waals surface area contributed by atoms with E-state index in [0.717, 1.165) is 25.2 Å². The Balaban J connectivity index is 1.96. The second kappa shape index (κ2) is 5.53. The first kappa shape index (κ1) is 14.0. The molecule has 0 amide bonds. The molecule has 0 heterocycles. The minimum Gasteiger partial charge on any atom is -0.390 e. The maximum atomic E-state index is 9.72. The Morgan fingerprint density at radius 3 is 2.19 bits per heavy atom. The van der Waals surface area contributed by atoms with Gasteiger partial charge in [-0.1, -0.05) is 53.4 Å². The van der Waals surface area contributed by atoms with Gasteiger partial charge >= 0.3 is 0 Å². The van der Waals surface area contributed by atoms with E-state index in [0.29, 0.717) is 5.41 Å². The first-order valence-corrected chi connectivity index (χ1v) is 7.03. The lowest BCUT2D eigenvalue weighted by molar-refractivity contribution is 0.134. The summed E-state index contributed by atoms with van der Waals surface area (Å²) in [5.41, 5.74) is 0.258. The van der Waals surface area contributed by atoms with Gasteiger partial charge < -0.3 is 5.11 Å². The average Bonchev–Trinajstić information content (AvgIpc) is 2.81. The van der Waals surface area contributed by atoms with Crippen LogP contribution in [0.4, 0.5) is 0 Å². The third-order valence-electron chi connectivity index (χ3n) is 3.79. The van der Waals surface area contributed by atoms with E-state index in [2.05, 4.69) is 27.7 Å². The minimum atomic E-state index is -0.231. The van der Waals surface area contributed by atoms with E-state index in [9.17, 15) is 5.11 Å². The largest absolute Gasteiger partial charge is 0.390 e. The highest BCUT2D eigenvalue weighted by Crippen LogP contribution is 2.40. The molecule has 0 saturated heterocycles. The first-order chi connectivity index (χ1) is 7.31. The third-order valence-corrected chi connectivity index (χ3v) is 3.79. The van der Waals surface area contributed by atoms with Crippen LogP contribution in [0, 0.1) is 11.3 Å². The summed E-state index contributed by atoms with van der Waals surface area (Å²) in [5, 5.41) is 9.72. The molecule has 1 unspecified atom stereocenters. The number of hydrogen-bond donors (Lipinski definition) is 1. The molecule has 0 aromatic carbocycles. The van der Waals surface area contributed by atoms with Crippen molar-refractivity contribution in [2.45, 2.75) is 84.7 Å². The quantitative estimate of drug-likeness (QED) is 0.676. The molecule has 1 N–H and O–H groups in total. The van der Waals surface area contributed by atoms with Gasteiger partial charge in [0.25, 0.3) is 0 Å². The monoisotopic (exact) mass is 226 g/mol. The van der Waals surface area contributed by atoms with Gasteiger partial charge in [-0.2, -0.15) is 0 Å². The molecule has 96 valence electrons. The van der Waals surface area contributed by atoms with E-state index < -0.39 is 0 Å². The van der Waals surface area contributed by atoms with Crippen LogP contribution in [0.2, 0.25) is 0 Å². The summed E-state index contributed by atoms with van der Waals surface area (Å²) in [6.45, 7) is 9.32. The van der Waals surface area contributed by atoms with Crippen molar-refractivity contribution in [3.63, 3.8) is 0 Å². The lowest BCUT2D eigenvalue weighted by Crippen LogP contribution is -2.08. The average molecular weight is 226 g/mol. The van der Waals surface area contributed by atoms with Gasteiger partial charge in [0.05, 0.1) is 5.60 Å². The van der Waals surface area contributed by atoms with Crippen LogP contribution in [0.1, 0.15) is 79.1 Å². The lowest BCUT2D eigenvalue weighted by Gasteiger charge is -2.19. The lowest BCUT2D eigenvalue weighted by atomic mass is 9.87. The topological polar surface area (TPSA) is 20.2 Å². The normalized spacial score (nSPS) is 20.8. The van der Waals surface area contributed by atoms with Crippen LogP contribution in [0.25, 0.3) is 0 Å². The van der Waals surface area contributed by atoms with Crippen LogP contribution < -0.4 is 0 Å². The molecule has 0 spiro atoms. The summed E-state index contributed by atoms with van der Waals surface area (Å²) in [4.78, 5) is 0. The highest BCUT2D eigenvalue weighted by Gasteiger charge is 2.39. The molecule has 1 aliphatic rings. The van der Waals surface area contributed by atoms with Crippen LogP contribution in [0.5, 0.6) is 0 Å². The molecule has 16 heavy (non-hydrogen) atoms. The van der Waals surface area contributed by atoms with Gasteiger partial charge in [0.15, 0.2) is 0 Å². The molecule has 1 aliphatic carbocycles. The van der Waals surface area contributed by atoms with Crippen molar-refractivity contribution < 1.29 is 5.11 Å². The zero-order valence-electron chi connectivity index (χ0n) is 11.7. The SMILES string of the molecule is CC(CCCC(C)(C)C)CCCC1(O)CC1. The molecule has 0 aromatic rings. The fraction of sp³-hybridized carbons (Fsp3) is 1.00. The number of hydrogen-bond acceptors (Lipinski definition) is 1. The van der Waals surface area contributed by atoms with E-state index in [1.165, 1.54) is 32.1 Å². The van der Waals surface area contributed by atoms with Crippen molar-refractivity contribution in [3.05, 3.63) is 0 Å². The Morgan fingerprint density at radius 1 is 1.12 bits per heavy atom. The fourth-order valence-corrected chi connectivity index (χ4v) is 2.30. The van der Waals surface area contributed by atoms with Gasteiger partial charge in [0.2, 0.25) is 0 Å². The van der Waals surface area contributed by atoms with Crippen LogP contribution in [-0.4, -0.2) is 10.7 Å². The molecular formula is C15H30O. The Morgan fingerprint density at radius 2 is 1.69 bits per heavy atom. The van der Waals surface area contributed by atoms with Gasteiger partial charge in [-0.25, -0.2) is 0 Å². The van der Waals surface area contributed by atoms with Crippen LogP contribution in [0.15, 0.2) is 0 Å². The van der Waals surface area contributed by atoms with E-state index in [1.807, 2.05) is 0 Å². The zero-order valence-corrected chi connectivity index (χ0v) is 11.7. The van der Waals surface area contributed by atoms with Crippen LogP contribution >= 0.6 is 0 Å².